The largest absolute Gasteiger partial charge is 0.545 e. The third kappa shape index (κ3) is 3.95. The van der Waals surface area contributed by atoms with Gasteiger partial charge in [-0.2, -0.15) is 0 Å². The number of aromatic carboxylic acids is 2. The number of carbonyl (C=O) groups is 7. The molecule has 0 aliphatic carbocycles. The fourth-order valence-corrected chi connectivity index (χ4v) is 4.89. The summed E-state index contributed by atoms with van der Waals surface area (Å²) in [5.74, 6) is -6.11. The summed E-state index contributed by atoms with van der Waals surface area (Å²) in [5.41, 5.74) is 0.155. The summed E-state index contributed by atoms with van der Waals surface area (Å²) in [6.45, 7) is 0. The molecule has 0 aromatic heterocycles. The molecule has 2 heterocycles. The van der Waals surface area contributed by atoms with Crippen molar-refractivity contribution < 1.29 is 43.8 Å². The van der Waals surface area contributed by atoms with Gasteiger partial charge >= 0.3 is 0 Å². The minimum atomic E-state index is -1.41. The van der Waals surface area contributed by atoms with Crippen LogP contribution in [0.25, 0.3) is 0 Å². The fourth-order valence-electron chi connectivity index (χ4n) is 4.89. The van der Waals surface area contributed by atoms with Crippen LogP contribution >= 0.6 is 0 Å². The summed E-state index contributed by atoms with van der Waals surface area (Å²) in [7, 11) is 0. The van der Waals surface area contributed by atoms with E-state index >= 15 is 0 Å². The van der Waals surface area contributed by atoms with Crippen molar-refractivity contribution in [1.29, 1.82) is 0 Å². The number of amides is 4. The summed E-state index contributed by atoms with van der Waals surface area (Å²) in [6.07, 6.45) is 0. The van der Waals surface area contributed by atoms with Crippen LogP contribution < -0.4 is 20.0 Å². The SMILES string of the molecule is O=C([O-])c1ccc(N2C(=O)c3ccc(C(=O)c4ccc5c(c4)C(=O)N(c4ccc(C(=O)[O-])cc4)C5=O)cc3C2=O)cc1. The zero-order chi connectivity index (χ0) is 29.9. The number of hydrogen-bond donors (Lipinski definition) is 0. The number of fused-ring (bicyclic) bond motifs is 2. The highest BCUT2D eigenvalue weighted by Crippen LogP contribution is 2.32. The van der Waals surface area contributed by atoms with Gasteiger partial charge < -0.3 is 19.8 Å². The Labute approximate surface area is 235 Å². The highest BCUT2D eigenvalue weighted by Gasteiger charge is 2.39. The van der Waals surface area contributed by atoms with Gasteiger partial charge in [-0.25, -0.2) is 9.80 Å². The van der Waals surface area contributed by atoms with E-state index in [9.17, 15) is 43.8 Å². The van der Waals surface area contributed by atoms with Crippen molar-refractivity contribution in [3.63, 3.8) is 0 Å². The maximum absolute atomic E-state index is 13.4. The Balaban J connectivity index is 1.28. The monoisotopic (exact) mass is 558 g/mol. The van der Waals surface area contributed by atoms with E-state index in [-0.39, 0.29) is 55.9 Å². The van der Waals surface area contributed by atoms with E-state index in [1.165, 1.54) is 84.9 Å². The summed E-state index contributed by atoms with van der Waals surface area (Å²) in [4.78, 5) is 89.4. The average Bonchev–Trinajstić information content (AvgIpc) is 3.40. The second kappa shape index (κ2) is 9.45. The molecule has 0 saturated heterocycles. The van der Waals surface area contributed by atoms with Gasteiger partial charge in [0.25, 0.3) is 23.6 Å². The Hall–Kier alpha value is -6.23. The first-order valence-electron chi connectivity index (χ1n) is 12.3. The number of carboxylic acids is 2. The zero-order valence-electron chi connectivity index (χ0n) is 21.2. The van der Waals surface area contributed by atoms with E-state index < -0.39 is 41.4 Å². The van der Waals surface area contributed by atoms with Crippen LogP contribution in [0.3, 0.4) is 0 Å². The molecule has 42 heavy (non-hydrogen) atoms. The molecule has 0 unspecified atom stereocenters. The molecule has 0 N–H and O–H groups in total. The first-order chi connectivity index (χ1) is 20.1. The highest BCUT2D eigenvalue weighted by atomic mass is 16.4. The van der Waals surface area contributed by atoms with Gasteiger partial charge in [-0.3, -0.25) is 24.0 Å². The molecule has 2 aliphatic heterocycles. The molecule has 11 nitrogen and oxygen atoms in total. The van der Waals surface area contributed by atoms with Gasteiger partial charge in [0.15, 0.2) is 5.78 Å². The maximum Gasteiger partial charge on any atom is 0.266 e. The van der Waals surface area contributed by atoms with Crippen molar-refractivity contribution in [2.75, 3.05) is 9.80 Å². The molecule has 4 amide bonds. The van der Waals surface area contributed by atoms with Gasteiger partial charge in [-0.1, -0.05) is 36.4 Å². The number of benzene rings is 4. The fraction of sp³-hybridized carbons (Fsp3) is 0. The van der Waals surface area contributed by atoms with Crippen molar-refractivity contribution in [1.82, 2.24) is 0 Å². The van der Waals surface area contributed by atoms with Crippen LogP contribution in [0.5, 0.6) is 0 Å². The van der Waals surface area contributed by atoms with E-state index in [0.29, 0.717) is 0 Å². The Morgan fingerprint density at radius 2 is 0.738 bits per heavy atom. The molecule has 0 fully saturated rings. The molecule has 4 aromatic carbocycles. The average molecular weight is 558 g/mol. The molecule has 0 spiro atoms. The molecule has 6 rings (SSSR count). The van der Waals surface area contributed by atoms with E-state index in [1.807, 2.05) is 0 Å². The smallest absolute Gasteiger partial charge is 0.266 e. The molecule has 11 heteroatoms. The number of imide groups is 2. The Morgan fingerprint density at radius 1 is 0.429 bits per heavy atom. The first-order valence-corrected chi connectivity index (χ1v) is 12.3. The Bertz CT molecular complexity index is 1790. The van der Waals surface area contributed by atoms with E-state index in [4.69, 9.17) is 0 Å². The second-order valence-electron chi connectivity index (χ2n) is 9.41. The molecule has 204 valence electrons. The van der Waals surface area contributed by atoms with Gasteiger partial charge in [0.1, 0.15) is 0 Å². The molecular weight excluding hydrogens is 544 g/mol. The third-order valence-electron chi connectivity index (χ3n) is 7.02. The van der Waals surface area contributed by atoms with Crippen molar-refractivity contribution in [3.8, 4) is 0 Å². The molecular formula is C31H14N2O9-2. The summed E-state index contributed by atoms with van der Waals surface area (Å²) in [5, 5.41) is 22.0. The number of ketones is 1. The van der Waals surface area contributed by atoms with Crippen LogP contribution in [-0.2, 0) is 0 Å². The molecule has 0 bridgehead atoms. The molecule has 0 radical (unpaired) electrons. The zero-order valence-corrected chi connectivity index (χ0v) is 21.2. The number of anilines is 2. The van der Waals surface area contributed by atoms with Crippen molar-refractivity contribution in [2.24, 2.45) is 0 Å². The Kier molecular flexibility index (Phi) is 5.85. The number of carboxylic acid groups (broad SMARTS) is 2. The lowest BCUT2D eigenvalue weighted by Gasteiger charge is -2.14. The number of nitrogens with zero attached hydrogens (tertiary/aromatic N) is 2. The summed E-state index contributed by atoms with van der Waals surface area (Å²) in [6, 6.07) is 17.9. The Morgan fingerprint density at radius 3 is 1.07 bits per heavy atom. The van der Waals surface area contributed by atoms with Crippen LogP contribution in [0.1, 0.15) is 78.1 Å². The van der Waals surface area contributed by atoms with Crippen molar-refractivity contribution in [3.05, 3.63) is 129 Å². The van der Waals surface area contributed by atoms with Gasteiger partial charge in [-0.15, -0.1) is 0 Å². The van der Waals surface area contributed by atoms with E-state index in [1.54, 1.807) is 0 Å². The maximum atomic E-state index is 13.4. The van der Waals surface area contributed by atoms with Crippen LogP contribution in [0.4, 0.5) is 11.4 Å². The first kappa shape index (κ1) is 26.0. The van der Waals surface area contributed by atoms with Crippen molar-refractivity contribution in [2.45, 2.75) is 0 Å². The van der Waals surface area contributed by atoms with Gasteiger partial charge in [-0.05, 0) is 59.7 Å². The minimum absolute atomic E-state index is 0.0339. The van der Waals surface area contributed by atoms with E-state index in [2.05, 4.69) is 0 Å². The van der Waals surface area contributed by atoms with Gasteiger partial charge in [0.2, 0.25) is 0 Å². The van der Waals surface area contributed by atoms with Crippen LogP contribution in [-0.4, -0.2) is 41.4 Å². The predicted molar refractivity (Wildman–Crippen MR) is 140 cm³/mol. The number of rotatable bonds is 6. The lowest BCUT2D eigenvalue weighted by molar-refractivity contribution is -0.256. The van der Waals surface area contributed by atoms with Crippen LogP contribution in [0.2, 0.25) is 0 Å². The minimum Gasteiger partial charge on any atom is -0.545 e. The number of hydrogen-bond acceptors (Lipinski definition) is 9. The summed E-state index contributed by atoms with van der Waals surface area (Å²) < 4.78 is 0. The molecule has 4 aromatic rings. The van der Waals surface area contributed by atoms with E-state index in [0.717, 1.165) is 9.80 Å². The second-order valence-corrected chi connectivity index (χ2v) is 9.41. The lowest BCUT2D eigenvalue weighted by atomic mass is 9.96. The van der Waals surface area contributed by atoms with Gasteiger partial charge in [0.05, 0.1) is 45.6 Å². The van der Waals surface area contributed by atoms with Crippen LogP contribution in [0.15, 0.2) is 84.9 Å². The molecule has 2 aliphatic rings. The lowest BCUT2D eigenvalue weighted by Crippen LogP contribution is -2.29. The highest BCUT2D eigenvalue weighted by molar-refractivity contribution is 6.36. The normalized spacial score (nSPS) is 13.8. The molecule has 0 saturated carbocycles. The third-order valence-corrected chi connectivity index (χ3v) is 7.02. The summed E-state index contributed by atoms with van der Waals surface area (Å²) >= 11 is 0. The predicted octanol–water partition coefficient (Wildman–Crippen LogP) is 1.25. The van der Waals surface area contributed by atoms with Crippen LogP contribution in [0, 0.1) is 0 Å². The molecule has 0 atom stereocenters. The number of carbonyl (C=O) groups excluding carboxylic acids is 7. The standard InChI is InChI=1S/C31H16N2O9/c34-25(17-5-11-21-23(13-17)28(37)32(26(21)35)19-7-1-15(2-8-19)30(39)40)18-6-12-22-24(14-18)29(38)33(27(22)36)20-9-3-16(4-10-20)31(41)42/h1-14H,(H,39,40)(H,41,42)/p-2. The van der Waals surface area contributed by atoms with Gasteiger partial charge in [0, 0.05) is 11.1 Å². The quantitative estimate of drug-likeness (QED) is 0.249. The van der Waals surface area contributed by atoms with Crippen molar-refractivity contribution >= 4 is 52.7 Å². The topological polar surface area (TPSA) is 172 Å².